The molecule has 0 atom stereocenters. The Kier molecular flexibility index (Phi) is 5.40. The van der Waals surface area contributed by atoms with Crippen LogP contribution in [0.2, 0.25) is 0 Å². The molecule has 0 aromatic carbocycles. The van der Waals surface area contributed by atoms with Crippen LogP contribution in [0.4, 0.5) is 0 Å². The number of rotatable bonds is 5. The number of allylic oxidation sites excluding steroid dienone is 4. The third-order valence-electron chi connectivity index (χ3n) is 2.13. The summed E-state index contributed by atoms with van der Waals surface area (Å²) in [6, 6.07) is 0. The highest BCUT2D eigenvalue weighted by Crippen LogP contribution is 2.09. The SMILES string of the molecule is CCC/C=C(Br)\C=C/Cc1nccn1C. The summed E-state index contributed by atoms with van der Waals surface area (Å²) in [5.41, 5.74) is 0. The summed E-state index contributed by atoms with van der Waals surface area (Å²) in [7, 11) is 2.01. The fraction of sp³-hybridized carbons (Fsp3) is 0.417. The van der Waals surface area contributed by atoms with Gasteiger partial charge in [-0.05, 0) is 6.42 Å². The van der Waals surface area contributed by atoms with Crippen LogP contribution in [0.25, 0.3) is 0 Å². The molecule has 82 valence electrons. The summed E-state index contributed by atoms with van der Waals surface area (Å²) in [6.45, 7) is 2.17. The van der Waals surface area contributed by atoms with E-state index >= 15 is 0 Å². The Bertz CT molecular complexity index is 350. The molecule has 2 nitrogen and oxygen atoms in total. The third-order valence-corrected chi connectivity index (χ3v) is 2.71. The second kappa shape index (κ2) is 6.62. The monoisotopic (exact) mass is 268 g/mol. The number of nitrogens with zero attached hydrogens (tertiary/aromatic N) is 2. The van der Waals surface area contributed by atoms with Crippen LogP contribution in [-0.4, -0.2) is 9.55 Å². The van der Waals surface area contributed by atoms with Gasteiger partial charge in [-0.1, -0.05) is 47.5 Å². The van der Waals surface area contributed by atoms with E-state index in [1.165, 1.54) is 6.42 Å². The van der Waals surface area contributed by atoms with Gasteiger partial charge in [0.25, 0.3) is 0 Å². The van der Waals surface area contributed by atoms with Gasteiger partial charge < -0.3 is 4.57 Å². The molecular formula is C12H17BrN2. The fourth-order valence-corrected chi connectivity index (χ4v) is 1.64. The number of imidazole rings is 1. The largest absolute Gasteiger partial charge is 0.338 e. The van der Waals surface area contributed by atoms with Crippen molar-refractivity contribution in [3.63, 3.8) is 0 Å². The van der Waals surface area contributed by atoms with Crippen molar-refractivity contribution in [2.75, 3.05) is 0 Å². The minimum absolute atomic E-state index is 0.874. The van der Waals surface area contributed by atoms with Crippen LogP contribution in [0.5, 0.6) is 0 Å². The lowest BCUT2D eigenvalue weighted by Gasteiger charge is -1.96. The van der Waals surface area contributed by atoms with E-state index in [1.807, 2.05) is 24.0 Å². The molecule has 0 fully saturated rings. The van der Waals surface area contributed by atoms with Crippen molar-refractivity contribution in [3.8, 4) is 0 Å². The van der Waals surface area contributed by atoms with Gasteiger partial charge in [0, 0.05) is 30.3 Å². The van der Waals surface area contributed by atoms with Crippen molar-refractivity contribution in [3.05, 3.63) is 40.9 Å². The zero-order valence-electron chi connectivity index (χ0n) is 9.28. The molecule has 0 aliphatic rings. The normalized spacial score (nSPS) is 12.6. The maximum atomic E-state index is 4.25. The van der Waals surface area contributed by atoms with Crippen LogP contribution < -0.4 is 0 Å². The second-order valence-corrected chi connectivity index (χ2v) is 4.35. The van der Waals surface area contributed by atoms with E-state index in [1.54, 1.807) is 0 Å². The van der Waals surface area contributed by atoms with Gasteiger partial charge >= 0.3 is 0 Å². The molecule has 0 N–H and O–H groups in total. The van der Waals surface area contributed by atoms with Gasteiger partial charge in [0.15, 0.2) is 0 Å². The van der Waals surface area contributed by atoms with Gasteiger partial charge in [-0.3, -0.25) is 0 Å². The Morgan fingerprint density at radius 3 is 3.00 bits per heavy atom. The van der Waals surface area contributed by atoms with E-state index in [0.29, 0.717) is 0 Å². The Morgan fingerprint density at radius 2 is 2.40 bits per heavy atom. The average Bonchev–Trinajstić information content (AvgIpc) is 2.61. The highest BCUT2D eigenvalue weighted by Gasteiger charge is 1.94. The first-order valence-corrected chi connectivity index (χ1v) is 6.01. The maximum Gasteiger partial charge on any atom is 0.112 e. The number of aromatic nitrogens is 2. The predicted octanol–water partition coefficient (Wildman–Crippen LogP) is 3.60. The summed E-state index contributed by atoms with van der Waals surface area (Å²) < 4.78 is 3.19. The first kappa shape index (κ1) is 12.2. The lowest BCUT2D eigenvalue weighted by Crippen LogP contribution is -1.94. The molecule has 1 aromatic rings. The van der Waals surface area contributed by atoms with E-state index in [0.717, 1.165) is 23.1 Å². The summed E-state index contributed by atoms with van der Waals surface area (Å²) in [6.07, 6.45) is 13.4. The van der Waals surface area contributed by atoms with E-state index in [4.69, 9.17) is 0 Å². The smallest absolute Gasteiger partial charge is 0.112 e. The zero-order valence-corrected chi connectivity index (χ0v) is 10.9. The summed E-state index contributed by atoms with van der Waals surface area (Å²) >= 11 is 3.51. The van der Waals surface area contributed by atoms with Crippen LogP contribution in [0.1, 0.15) is 25.6 Å². The molecule has 0 unspecified atom stereocenters. The van der Waals surface area contributed by atoms with Crippen molar-refractivity contribution >= 4 is 15.9 Å². The van der Waals surface area contributed by atoms with E-state index in [-0.39, 0.29) is 0 Å². The molecule has 1 heterocycles. The Morgan fingerprint density at radius 1 is 1.60 bits per heavy atom. The second-order valence-electron chi connectivity index (χ2n) is 3.44. The van der Waals surface area contributed by atoms with Gasteiger partial charge in [-0.15, -0.1) is 0 Å². The summed E-state index contributed by atoms with van der Waals surface area (Å²) in [4.78, 5) is 4.25. The molecule has 0 aliphatic heterocycles. The number of aryl methyl sites for hydroxylation is 1. The first-order chi connectivity index (χ1) is 7.24. The van der Waals surface area contributed by atoms with Crippen molar-refractivity contribution in [2.45, 2.75) is 26.2 Å². The minimum Gasteiger partial charge on any atom is -0.338 e. The molecule has 0 aliphatic carbocycles. The third kappa shape index (κ3) is 4.47. The predicted molar refractivity (Wildman–Crippen MR) is 68.0 cm³/mol. The van der Waals surface area contributed by atoms with Crippen LogP contribution in [0.3, 0.4) is 0 Å². The molecule has 0 spiro atoms. The number of hydrogen-bond acceptors (Lipinski definition) is 1. The number of hydrogen-bond donors (Lipinski definition) is 0. The molecule has 3 heteroatoms. The van der Waals surface area contributed by atoms with Crippen LogP contribution >= 0.6 is 15.9 Å². The Hall–Kier alpha value is -0.830. The minimum atomic E-state index is 0.874. The highest BCUT2D eigenvalue weighted by molar-refractivity contribution is 9.11. The lowest BCUT2D eigenvalue weighted by molar-refractivity contribution is 0.829. The quantitative estimate of drug-likeness (QED) is 0.747. The van der Waals surface area contributed by atoms with E-state index in [2.05, 4.69) is 46.1 Å². The Labute approximate surface area is 99.8 Å². The first-order valence-electron chi connectivity index (χ1n) is 5.22. The molecule has 1 rings (SSSR count). The average molecular weight is 269 g/mol. The zero-order chi connectivity index (χ0) is 11.1. The van der Waals surface area contributed by atoms with E-state index < -0.39 is 0 Å². The molecule has 0 bridgehead atoms. The lowest BCUT2D eigenvalue weighted by atomic mass is 10.3. The van der Waals surface area contributed by atoms with Crippen LogP contribution in [0, 0.1) is 0 Å². The molecular weight excluding hydrogens is 252 g/mol. The van der Waals surface area contributed by atoms with Crippen molar-refractivity contribution in [2.24, 2.45) is 7.05 Å². The molecule has 15 heavy (non-hydrogen) atoms. The number of halogens is 1. The number of unbranched alkanes of at least 4 members (excludes halogenated alkanes) is 1. The van der Waals surface area contributed by atoms with E-state index in [9.17, 15) is 0 Å². The summed E-state index contributed by atoms with van der Waals surface area (Å²) in [5.74, 6) is 1.09. The van der Waals surface area contributed by atoms with Gasteiger partial charge in [-0.25, -0.2) is 4.98 Å². The topological polar surface area (TPSA) is 17.8 Å². The van der Waals surface area contributed by atoms with Crippen LogP contribution in [0.15, 0.2) is 35.1 Å². The van der Waals surface area contributed by atoms with Crippen molar-refractivity contribution < 1.29 is 0 Å². The molecule has 0 radical (unpaired) electrons. The maximum absolute atomic E-state index is 4.25. The van der Waals surface area contributed by atoms with Gasteiger partial charge in [-0.2, -0.15) is 0 Å². The molecule has 0 saturated heterocycles. The molecule has 0 saturated carbocycles. The van der Waals surface area contributed by atoms with Gasteiger partial charge in [0.1, 0.15) is 5.82 Å². The van der Waals surface area contributed by atoms with Gasteiger partial charge in [0.2, 0.25) is 0 Å². The van der Waals surface area contributed by atoms with Gasteiger partial charge in [0.05, 0.1) is 0 Å². The fourth-order valence-electron chi connectivity index (χ4n) is 1.22. The standard InChI is InChI=1S/C12H17BrN2/c1-3-4-6-11(13)7-5-8-12-14-9-10-15(12)2/h5-7,9-10H,3-4,8H2,1-2H3/b7-5-,11-6+. The molecule has 0 amide bonds. The summed E-state index contributed by atoms with van der Waals surface area (Å²) in [5, 5.41) is 0. The van der Waals surface area contributed by atoms with Crippen molar-refractivity contribution in [1.29, 1.82) is 0 Å². The van der Waals surface area contributed by atoms with Crippen molar-refractivity contribution in [1.82, 2.24) is 9.55 Å². The highest BCUT2D eigenvalue weighted by atomic mass is 79.9. The Balaban J connectivity index is 2.43. The molecule has 1 aromatic heterocycles. The van der Waals surface area contributed by atoms with Crippen LogP contribution in [-0.2, 0) is 13.5 Å².